The van der Waals surface area contributed by atoms with Gasteiger partial charge in [-0.05, 0) is 55.7 Å². The summed E-state index contributed by atoms with van der Waals surface area (Å²) in [5.41, 5.74) is 0.0631. The largest absolute Gasteiger partial charge is 0.390 e. The molecule has 196 valence electrons. The Hall–Kier alpha value is -1.61. The van der Waals surface area contributed by atoms with Crippen molar-refractivity contribution in [3.8, 4) is 0 Å². The Morgan fingerprint density at radius 2 is 1.89 bits per heavy atom. The molecule has 1 aromatic heterocycles. The summed E-state index contributed by atoms with van der Waals surface area (Å²) >= 11 is 5.89. The zero-order valence-corrected chi connectivity index (χ0v) is 22.1. The number of pyridine rings is 1. The number of piperazine rings is 1. The van der Waals surface area contributed by atoms with E-state index in [1.807, 2.05) is 6.07 Å². The lowest BCUT2D eigenvalue weighted by Gasteiger charge is -2.52. The Morgan fingerprint density at radius 1 is 1.20 bits per heavy atom. The fraction of sp³-hybridized carbons (Fsp3) is 0.720. The third-order valence-corrected chi connectivity index (χ3v) is 8.30. The number of nitrogens with one attached hydrogen (secondary N) is 1. The molecule has 35 heavy (non-hydrogen) atoms. The molecule has 8 nitrogen and oxygen atoms in total. The van der Waals surface area contributed by atoms with Crippen molar-refractivity contribution in [2.75, 3.05) is 19.6 Å². The standard InChI is InChI=1S/C25H37ClN4O4.ClH/c1-2-3-13-29-23(32)21(22(31)19-7-5-4-6-8-19)27-24(33)25(29)11-14-28(15-12-25)16-18-9-10-20(26)30(34)17-18;/h9-10,17,19,21-22,31H,2-8,11-16H2,1H3,(H-,27,33,34);1H/p+1/t21-,22-;/m1./s1. The maximum Gasteiger partial charge on any atom is 0.325 e. The fourth-order valence-electron chi connectivity index (χ4n) is 5.90. The molecule has 1 saturated carbocycles. The van der Waals surface area contributed by atoms with Crippen molar-refractivity contribution in [1.82, 2.24) is 15.1 Å². The molecular formula is C25H39Cl2N4O4+. The summed E-state index contributed by atoms with van der Waals surface area (Å²) < 4.78 is 0.903. The van der Waals surface area contributed by atoms with Crippen LogP contribution >= 0.6 is 24.0 Å². The average Bonchev–Trinajstić information content (AvgIpc) is 2.85. The van der Waals surface area contributed by atoms with E-state index in [1.54, 1.807) is 17.2 Å². The first-order valence-corrected chi connectivity index (χ1v) is 13.2. The SMILES string of the molecule is CCCCN1C(=O)[C@@H]([C@H](O)C2CCCCC2)NC(=O)C12CCN(Cc1ccc(Cl)[n+](O)c1)CC2.Cl. The van der Waals surface area contributed by atoms with Crippen molar-refractivity contribution in [3.05, 3.63) is 29.0 Å². The molecule has 0 aromatic carbocycles. The van der Waals surface area contributed by atoms with Gasteiger partial charge in [0.15, 0.2) is 0 Å². The number of hydrogen-bond donors (Lipinski definition) is 3. The zero-order chi connectivity index (χ0) is 24.3. The highest BCUT2D eigenvalue weighted by atomic mass is 35.5. The van der Waals surface area contributed by atoms with E-state index in [4.69, 9.17) is 11.6 Å². The number of aliphatic hydroxyl groups is 1. The fourth-order valence-corrected chi connectivity index (χ4v) is 6.01. The lowest BCUT2D eigenvalue weighted by molar-refractivity contribution is -0.903. The van der Waals surface area contributed by atoms with E-state index < -0.39 is 17.7 Å². The van der Waals surface area contributed by atoms with Gasteiger partial charge in [-0.2, -0.15) is 0 Å². The van der Waals surface area contributed by atoms with Crippen LogP contribution < -0.4 is 10.0 Å². The summed E-state index contributed by atoms with van der Waals surface area (Å²) in [5.74, 6) is -0.179. The summed E-state index contributed by atoms with van der Waals surface area (Å²) in [6, 6.07) is 2.69. The third-order valence-electron chi connectivity index (χ3n) is 8.00. The predicted molar refractivity (Wildman–Crippen MR) is 134 cm³/mol. The van der Waals surface area contributed by atoms with Gasteiger partial charge in [-0.15, -0.1) is 12.4 Å². The number of rotatable bonds is 7. The van der Waals surface area contributed by atoms with Crippen LogP contribution in [0.4, 0.5) is 0 Å². The summed E-state index contributed by atoms with van der Waals surface area (Å²) in [4.78, 5) is 31.2. The average molecular weight is 531 g/mol. The molecule has 1 aromatic rings. The molecule has 0 bridgehead atoms. The molecule has 3 heterocycles. The Morgan fingerprint density at radius 3 is 2.51 bits per heavy atom. The minimum absolute atomic E-state index is 0. The first kappa shape index (κ1) is 28.0. The van der Waals surface area contributed by atoms with E-state index in [-0.39, 0.29) is 35.3 Å². The van der Waals surface area contributed by atoms with Gasteiger partial charge >= 0.3 is 5.15 Å². The van der Waals surface area contributed by atoms with Crippen molar-refractivity contribution >= 4 is 35.8 Å². The summed E-state index contributed by atoms with van der Waals surface area (Å²) in [7, 11) is 0. The number of likely N-dealkylation sites (tertiary alicyclic amines) is 1. The molecule has 1 spiro atoms. The summed E-state index contributed by atoms with van der Waals surface area (Å²) in [5, 5.41) is 24.1. The predicted octanol–water partition coefficient (Wildman–Crippen LogP) is 2.69. The smallest absolute Gasteiger partial charge is 0.325 e. The number of nitrogens with zero attached hydrogens (tertiary/aromatic N) is 3. The van der Waals surface area contributed by atoms with Gasteiger partial charge in [-0.1, -0.05) is 32.6 Å². The van der Waals surface area contributed by atoms with E-state index in [2.05, 4.69) is 17.1 Å². The van der Waals surface area contributed by atoms with Gasteiger partial charge in [0.05, 0.1) is 6.10 Å². The van der Waals surface area contributed by atoms with Crippen LogP contribution in [0.3, 0.4) is 0 Å². The van der Waals surface area contributed by atoms with Crippen LogP contribution in [0.2, 0.25) is 5.15 Å². The van der Waals surface area contributed by atoms with Gasteiger partial charge in [-0.25, -0.2) is 0 Å². The number of amides is 2. The second-order valence-electron chi connectivity index (χ2n) is 10.2. The van der Waals surface area contributed by atoms with Crippen LogP contribution in [-0.4, -0.2) is 69.2 Å². The van der Waals surface area contributed by atoms with Crippen molar-refractivity contribution in [1.29, 1.82) is 0 Å². The van der Waals surface area contributed by atoms with Crippen LogP contribution in [0, 0.1) is 5.92 Å². The second-order valence-corrected chi connectivity index (χ2v) is 10.6. The van der Waals surface area contributed by atoms with Crippen molar-refractivity contribution in [2.45, 2.75) is 88.9 Å². The number of halogens is 2. The highest BCUT2D eigenvalue weighted by molar-refractivity contribution is 6.28. The molecule has 0 radical (unpaired) electrons. The monoisotopic (exact) mass is 529 g/mol. The highest BCUT2D eigenvalue weighted by Crippen LogP contribution is 2.36. The molecule has 2 atom stereocenters. The van der Waals surface area contributed by atoms with E-state index >= 15 is 0 Å². The van der Waals surface area contributed by atoms with Gasteiger partial charge < -0.3 is 15.3 Å². The molecule has 3 aliphatic rings. The number of unbranched alkanes of at least 4 members (excludes halogenated alkanes) is 1. The number of aliphatic hydroxyl groups excluding tert-OH is 1. The van der Waals surface area contributed by atoms with E-state index in [0.29, 0.717) is 39.0 Å². The molecule has 3 N–H and O–H groups in total. The first-order valence-electron chi connectivity index (χ1n) is 12.8. The topological polar surface area (TPSA) is 97.0 Å². The van der Waals surface area contributed by atoms with Crippen molar-refractivity contribution in [3.63, 3.8) is 0 Å². The van der Waals surface area contributed by atoms with Gasteiger partial charge in [-0.3, -0.25) is 19.7 Å². The van der Waals surface area contributed by atoms with Crippen LogP contribution in [0.1, 0.15) is 70.3 Å². The van der Waals surface area contributed by atoms with Crippen molar-refractivity contribution in [2.24, 2.45) is 5.92 Å². The molecule has 2 amide bonds. The first-order chi connectivity index (χ1) is 16.4. The van der Waals surface area contributed by atoms with Crippen molar-refractivity contribution < 1.29 is 24.6 Å². The normalized spacial score (nSPS) is 24.2. The number of piperidine rings is 1. The number of carbonyl (C=O) groups is 2. The van der Waals surface area contributed by atoms with Gasteiger partial charge in [0.2, 0.25) is 18.0 Å². The summed E-state index contributed by atoms with van der Waals surface area (Å²) in [6.07, 6.45) is 8.76. The molecule has 0 unspecified atom stereocenters. The molecule has 10 heteroatoms. The number of aromatic nitrogens is 1. The lowest BCUT2D eigenvalue weighted by atomic mass is 9.78. The molecule has 2 aliphatic heterocycles. The van der Waals surface area contributed by atoms with Gasteiger partial charge in [0, 0.05) is 42.5 Å². The molecule has 2 saturated heterocycles. The summed E-state index contributed by atoms with van der Waals surface area (Å²) in [6.45, 7) is 4.57. The highest BCUT2D eigenvalue weighted by Gasteiger charge is 2.55. The minimum Gasteiger partial charge on any atom is -0.390 e. The van der Waals surface area contributed by atoms with Gasteiger partial charge in [0.25, 0.3) is 0 Å². The minimum atomic E-state index is -0.859. The maximum absolute atomic E-state index is 13.7. The zero-order valence-electron chi connectivity index (χ0n) is 20.5. The quantitative estimate of drug-likeness (QED) is 0.286. The third kappa shape index (κ3) is 5.87. The Balaban J connectivity index is 0.00000342. The molecule has 4 rings (SSSR count). The Labute approximate surface area is 219 Å². The molecule has 3 fully saturated rings. The number of hydrogen-bond acceptors (Lipinski definition) is 5. The maximum atomic E-state index is 13.7. The Bertz CT molecular complexity index is 888. The van der Waals surface area contributed by atoms with Crippen LogP contribution in [0.15, 0.2) is 18.3 Å². The molecular weight excluding hydrogens is 491 g/mol. The van der Waals surface area contributed by atoms with Crippen LogP contribution in [0.5, 0.6) is 0 Å². The molecule has 1 aliphatic carbocycles. The lowest BCUT2D eigenvalue weighted by Crippen LogP contribution is -2.75. The Kier molecular flexibility index (Phi) is 9.66. The van der Waals surface area contributed by atoms with Gasteiger partial charge in [0.1, 0.15) is 11.6 Å². The van der Waals surface area contributed by atoms with E-state index in [1.165, 1.54) is 6.42 Å². The second kappa shape index (κ2) is 12.1. The van der Waals surface area contributed by atoms with E-state index in [9.17, 15) is 19.9 Å². The van der Waals surface area contributed by atoms with E-state index in [0.717, 1.165) is 48.8 Å². The van der Waals surface area contributed by atoms with Crippen LogP contribution in [0.25, 0.3) is 0 Å². The number of carbonyl (C=O) groups excluding carboxylic acids is 2. The van der Waals surface area contributed by atoms with Crippen LogP contribution in [-0.2, 0) is 16.1 Å².